The number of anilines is 1. The molecule has 0 aliphatic carbocycles. The monoisotopic (exact) mass is 575 g/mol. The van der Waals surface area contributed by atoms with Crippen molar-refractivity contribution in [1.82, 2.24) is 10.2 Å². The van der Waals surface area contributed by atoms with E-state index in [4.69, 9.17) is 34.8 Å². The van der Waals surface area contributed by atoms with Crippen LogP contribution in [0.5, 0.6) is 0 Å². The summed E-state index contributed by atoms with van der Waals surface area (Å²) in [5.41, 5.74) is 0.951. The van der Waals surface area contributed by atoms with Crippen LogP contribution in [-0.4, -0.2) is 50.0 Å². The Kier molecular flexibility index (Phi) is 11.3. The molecule has 0 aromatic heterocycles. The Hall–Kier alpha value is -2.00. The van der Waals surface area contributed by atoms with Crippen LogP contribution in [0.15, 0.2) is 42.5 Å². The standard InChI is InChI=1S/C25H32Cl3N3O4S/c1-5-17(2)29-25(33)18(3)30(16-19-9-6-7-10-21(19)27)24(32)11-8-14-31(36(4,34)35)23-15-20(26)12-13-22(23)28/h6-7,9-10,12-13,15,17-18H,5,8,11,14,16H2,1-4H3,(H,29,33)/t17-,18-/m1/s1. The molecule has 0 fully saturated rings. The molecule has 0 saturated heterocycles. The van der Waals surface area contributed by atoms with E-state index in [0.717, 1.165) is 17.0 Å². The largest absolute Gasteiger partial charge is 0.352 e. The van der Waals surface area contributed by atoms with Crippen molar-refractivity contribution in [3.05, 3.63) is 63.1 Å². The van der Waals surface area contributed by atoms with Gasteiger partial charge in [-0.15, -0.1) is 0 Å². The Morgan fingerprint density at radius 1 is 1.03 bits per heavy atom. The maximum Gasteiger partial charge on any atom is 0.242 e. The Bertz CT molecular complexity index is 1180. The molecule has 0 spiro atoms. The smallest absolute Gasteiger partial charge is 0.242 e. The van der Waals surface area contributed by atoms with Crippen LogP contribution in [0.1, 0.15) is 45.6 Å². The van der Waals surface area contributed by atoms with Crippen molar-refractivity contribution in [3.63, 3.8) is 0 Å². The number of halogens is 3. The highest BCUT2D eigenvalue weighted by molar-refractivity contribution is 7.92. The molecular weight excluding hydrogens is 545 g/mol. The average molecular weight is 577 g/mol. The van der Waals surface area contributed by atoms with E-state index in [1.807, 2.05) is 19.9 Å². The molecule has 2 rings (SSSR count). The first-order valence-electron chi connectivity index (χ1n) is 11.6. The van der Waals surface area contributed by atoms with Gasteiger partial charge in [-0.1, -0.05) is 59.9 Å². The lowest BCUT2D eigenvalue weighted by Gasteiger charge is -2.30. The van der Waals surface area contributed by atoms with Crippen LogP contribution in [-0.2, 0) is 26.2 Å². The molecule has 0 aliphatic heterocycles. The Morgan fingerprint density at radius 2 is 1.69 bits per heavy atom. The van der Waals surface area contributed by atoms with Crippen molar-refractivity contribution < 1.29 is 18.0 Å². The summed E-state index contributed by atoms with van der Waals surface area (Å²) in [6.07, 6.45) is 2.03. The van der Waals surface area contributed by atoms with Crippen molar-refractivity contribution in [2.75, 3.05) is 17.1 Å². The van der Waals surface area contributed by atoms with Gasteiger partial charge in [-0.2, -0.15) is 0 Å². The molecule has 0 heterocycles. The van der Waals surface area contributed by atoms with Crippen LogP contribution < -0.4 is 9.62 Å². The fourth-order valence-electron chi connectivity index (χ4n) is 3.52. The zero-order chi connectivity index (χ0) is 27.0. The Morgan fingerprint density at radius 3 is 2.31 bits per heavy atom. The van der Waals surface area contributed by atoms with E-state index in [1.54, 1.807) is 31.2 Å². The van der Waals surface area contributed by atoms with Crippen molar-refractivity contribution >= 4 is 62.3 Å². The maximum absolute atomic E-state index is 13.3. The predicted molar refractivity (Wildman–Crippen MR) is 147 cm³/mol. The zero-order valence-electron chi connectivity index (χ0n) is 20.8. The molecule has 0 unspecified atom stereocenters. The van der Waals surface area contributed by atoms with Gasteiger partial charge in [-0.05, 0) is 56.5 Å². The lowest BCUT2D eigenvalue weighted by Crippen LogP contribution is -2.49. The van der Waals surface area contributed by atoms with Gasteiger partial charge in [-0.3, -0.25) is 13.9 Å². The van der Waals surface area contributed by atoms with Gasteiger partial charge in [0.25, 0.3) is 0 Å². The Balaban J connectivity index is 2.22. The molecule has 2 amide bonds. The topological polar surface area (TPSA) is 86.8 Å². The molecule has 0 aliphatic rings. The first-order chi connectivity index (χ1) is 16.8. The Labute approximate surface area is 228 Å². The second-order valence-electron chi connectivity index (χ2n) is 8.64. The van der Waals surface area contributed by atoms with E-state index in [2.05, 4.69) is 5.32 Å². The third-order valence-electron chi connectivity index (χ3n) is 5.80. The molecular formula is C25H32Cl3N3O4S. The number of hydrogen-bond donors (Lipinski definition) is 1. The van der Waals surface area contributed by atoms with Gasteiger partial charge in [0.15, 0.2) is 0 Å². The molecule has 7 nitrogen and oxygen atoms in total. The number of carbonyl (C=O) groups is 2. The fraction of sp³-hybridized carbons (Fsp3) is 0.440. The summed E-state index contributed by atoms with van der Waals surface area (Å²) >= 11 is 18.6. The highest BCUT2D eigenvalue weighted by Gasteiger charge is 2.28. The van der Waals surface area contributed by atoms with Crippen molar-refractivity contribution in [2.24, 2.45) is 0 Å². The number of nitrogens with zero attached hydrogens (tertiary/aromatic N) is 2. The van der Waals surface area contributed by atoms with Crippen LogP contribution in [0.4, 0.5) is 5.69 Å². The van der Waals surface area contributed by atoms with Crippen LogP contribution in [0.3, 0.4) is 0 Å². The van der Waals surface area contributed by atoms with Gasteiger partial charge >= 0.3 is 0 Å². The molecule has 0 radical (unpaired) electrons. The van der Waals surface area contributed by atoms with Crippen molar-refractivity contribution in [2.45, 2.75) is 58.7 Å². The highest BCUT2D eigenvalue weighted by Crippen LogP contribution is 2.31. The van der Waals surface area contributed by atoms with E-state index < -0.39 is 16.1 Å². The minimum absolute atomic E-state index is 0.00953. The predicted octanol–water partition coefficient (Wildman–Crippen LogP) is 5.53. The zero-order valence-corrected chi connectivity index (χ0v) is 23.9. The molecule has 2 aromatic carbocycles. The summed E-state index contributed by atoms with van der Waals surface area (Å²) in [4.78, 5) is 27.7. The van der Waals surface area contributed by atoms with E-state index in [9.17, 15) is 18.0 Å². The third kappa shape index (κ3) is 8.54. The van der Waals surface area contributed by atoms with Crippen molar-refractivity contribution in [3.8, 4) is 0 Å². The number of hydrogen-bond acceptors (Lipinski definition) is 4. The molecule has 2 aromatic rings. The molecule has 1 N–H and O–H groups in total. The van der Waals surface area contributed by atoms with Gasteiger partial charge in [-0.25, -0.2) is 8.42 Å². The summed E-state index contributed by atoms with van der Waals surface area (Å²) in [6.45, 7) is 5.68. The molecule has 36 heavy (non-hydrogen) atoms. The lowest BCUT2D eigenvalue weighted by atomic mass is 10.1. The minimum Gasteiger partial charge on any atom is -0.352 e. The fourth-order valence-corrected chi connectivity index (χ4v) is 5.12. The first kappa shape index (κ1) is 30.2. The summed E-state index contributed by atoms with van der Waals surface area (Å²) in [5, 5.41) is 3.97. The summed E-state index contributed by atoms with van der Waals surface area (Å²) in [7, 11) is -3.69. The number of sulfonamides is 1. The normalized spacial score (nSPS) is 13.1. The van der Waals surface area contributed by atoms with Crippen LogP contribution in [0.25, 0.3) is 0 Å². The third-order valence-corrected chi connectivity index (χ3v) is 7.90. The second kappa shape index (κ2) is 13.5. The molecule has 0 saturated carbocycles. The highest BCUT2D eigenvalue weighted by atomic mass is 35.5. The lowest BCUT2D eigenvalue weighted by molar-refractivity contribution is -0.140. The molecule has 11 heteroatoms. The van der Waals surface area contributed by atoms with Gasteiger partial charge in [0.2, 0.25) is 21.8 Å². The van der Waals surface area contributed by atoms with E-state index in [-0.39, 0.29) is 54.5 Å². The maximum atomic E-state index is 13.3. The van der Waals surface area contributed by atoms with E-state index >= 15 is 0 Å². The van der Waals surface area contributed by atoms with Crippen LogP contribution in [0.2, 0.25) is 15.1 Å². The SMILES string of the molecule is CC[C@@H](C)NC(=O)[C@@H](C)N(Cc1ccccc1Cl)C(=O)CCCN(c1cc(Cl)ccc1Cl)S(C)(=O)=O. The van der Waals surface area contributed by atoms with E-state index in [1.165, 1.54) is 17.0 Å². The minimum atomic E-state index is -3.69. The number of rotatable bonds is 12. The second-order valence-corrected chi connectivity index (χ2v) is 11.8. The first-order valence-corrected chi connectivity index (χ1v) is 14.6. The number of carbonyl (C=O) groups excluding carboxylic acids is 2. The van der Waals surface area contributed by atoms with Gasteiger partial charge in [0.1, 0.15) is 6.04 Å². The number of nitrogens with one attached hydrogen (secondary N) is 1. The summed E-state index contributed by atoms with van der Waals surface area (Å²) in [6, 6.07) is 10.9. The average Bonchev–Trinajstić information content (AvgIpc) is 2.81. The van der Waals surface area contributed by atoms with Gasteiger partial charge in [0, 0.05) is 35.6 Å². The van der Waals surface area contributed by atoms with Gasteiger partial charge in [0.05, 0.1) is 17.0 Å². The van der Waals surface area contributed by atoms with Gasteiger partial charge < -0.3 is 10.2 Å². The summed E-state index contributed by atoms with van der Waals surface area (Å²) in [5.74, 6) is -0.569. The van der Waals surface area contributed by atoms with E-state index in [0.29, 0.717) is 15.6 Å². The summed E-state index contributed by atoms with van der Waals surface area (Å²) < 4.78 is 26.1. The van der Waals surface area contributed by atoms with Crippen molar-refractivity contribution in [1.29, 1.82) is 0 Å². The molecule has 0 bridgehead atoms. The van der Waals surface area contributed by atoms with Crippen LogP contribution in [0, 0.1) is 0 Å². The molecule has 198 valence electrons. The number of benzene rings is 2. The number of amides is 2. The quantitative estimate of drug-likeness (QED) is 0.360. The molecule has 2 atom stereocenters. The van der Waals surface area contributed by atoms with Crippen LogP contribution >= 0.6 is 34.8 Å².